The minimum Gasteiger partial charge on any atom is -0.377 e. The molecule has 0 atom stereocenters. The van der Waals surface area contributed by atoms with Gasteiger partial charge in [-0.25, -0.2) is 0 Å². The predicted octanol–water partition coefficient (Wildman–Crippen LogP) is 1.48. The van der Waals surface area contributed by atoms with Gasteiger partial charge in [-0.3, -0.25) is 5.10 Å². The molecule has 0 radical (unpaired) electrons. The molecule has 12 heavy (non-hydrogen) atoms. The lowest BCUT2D eigenvalue weighted by Crippen LogP contribution is -1.98. The van der Waals surface area contributed by atoms with E-state index in [-0.39, 0.29) is 0 Å². The Morgan fingerprint density at radius 3 is 3.25 bits per heavy atom. The molecule has 0 amide bonds. The fraction of sp³-hybridized carbons (Fsp3) is 0.143. The average Bonchev–Trinajstić information content (AvgIpc) is 2.74. The van der Waals surface area contributed by atoms with Crippen molar-refractivity contribution in [3.05, 3.63) is 29.5 Å². The fourth-order valence-corrected chi connectivity index (χ4v) is 1.37. The van der Waals surface area contributed by atoms with Gasteiger partial charge in [0.15, 0.2) is 0 Å². The summed E-state index contributed by atoms with van der Waals surface area (Å²) in [7, 11) is 0. The van der Waals surface area contributed by atoms with Crippen molar-refractivity contribution in [1.29, 1.82) is 0 Å². The zero-order chi connectivity index (χ0) is 8.23. The van der Waals surface area contributed by atoms with Crippen molar-refractivity contribution < 1.29 is 0 Å². The van der Waals surface area contributed by atoms with Crippen LogP contribution in [0.5, 0.6) is 0 Å². The van der Waals surface area contributed by atoms with Crippen LogP contribution in [0.2, 0.25) is 0 Å². The first-order valence-electron chi connectivity index (χ1n) is 3.56. The molecule has 0 aliphatic carbocycles. The number of hydrogen-bond donors (Lipinski definition) is 2. The summed E-state index contributed by atoms with van der Waals surface area (Å²) in [6.45, 7) is 0.762. The normalized spacial score (nSPS) is 10.0. The molecular weight excluding hydrogens is 172 g/mol. The van der Waals surface area contributed by atoms with Gasteiger partial charge in [0.25, 0.3) is 0 Å². The summed E-state index contributed by atoms with van der Waals surface area (Å²) in [6, 6.07) is 1.94. The Bertz CT molecular complexity index is 279. The number of aromatic nitrogens is 3. The highest BCUT2D eigenvalue weighted by atomic mass is 32.1. The molecule has 0 spiro atoms. The van der Waals surface area contributed by atoms with Crippen LogP contribution in [0.3, 0.4) is 0 Å². The van der Waals surface area contributed by atoms with Gasteiger partial charge in [-0.05, 0) is 17.6 Å². The molecule has 2 aromatic heterocycles. The van der Waals surface area contributed by atoms with Crippen LogP contribution in [0.4, 0.5) is 5.69 Å². The quantitative estimate of drug-likeness (QED) is 0.752. The Kier molecular flexibility index (Phi) is 2.04. The lowest BCUT2D eigenvalue weighted by molar-refractivity contribution is 0.982. The summed E-state index contributed by atoms with van der Waals surface area (Å²) in [5.74, 6) is 0. The van der Waals surface area contributed by atoms with Crippen LogP contribution in [-0.4, -0.2) is 14.6 Å². The van der Waals surface area contributed by atoms with Gasteiger partial charge in [0, 0.05) is 11.6 Å². The predicted molar refractivity (Wildman–Crippen MR) is 48.0 cm³/mol. The largest absolute Gasteiger partial charge is 0.377 e. The second-order valence-electron chi connectivity index (χ2n) is 2.35. The number of anilines is 1. The monoisotopic (exact) mass is 180 g/mol. The van der Waals surface area contributed by atoms with E-state index in [4.69, 9.17) is 0 Å². The summed E-state index contributed by atoms with van der Waals surface area (Å²) in [5, 5.41) is 11.9. The van der Waals surface area contributed by atoms with Crippen LogP contribution in [0.15, 0.2) is 23.8 Å². The maximum atomic E-state index is 3.98. The van der Waals surface area contributed by atoms with Gasteiger partial charge >= 0.3 is 0 Å². The van der Waals surface area contributed by atoms with E-state index in [1.54, 1.807) is 12.4 Å². The molecule has 4 nitrogen and oxygen atoms in total. The highest BCUT2D eigenvalue weighted by molar-refractivity contribution is 7.04. The third kappa shape index (κ3) is 1.62. The number of hydrogen-bond acceptors (Lipinski definition) is 4. The molecule has 0 unspecified atom stereocenters. The number of rotatable bonds is 3. The maximum absolute atomic E-state index is 3.98. The number of H-pyrrole nitrogens is 1. The van der Waals surface area contributed by atoms with Crippen LogP contribution >= 0.6 is 11.5 Å². The zero-order valence-corrected chi connectivity index (χ0v) is 7.14. The smallest absolute Gasteiger partial charge is 0.0656 e. The molecule has 5 heteroatoms. The molecule has 2 N–H and O–H groups in total. The van der Waals surface area contributed by atoms with Gasteiger partial charge in [-0.2, -0.15) is 9.47 Å². The van der Waals surface area contributed by atoms with E-state index in [1.165, 1.54) is 11.5 Å². The maximum Gasteiger partial charge on any atom is 0.0656 e. The minimum absolute atomic E-state index is 0.762. The summed E-state index contributed by atoms with van der Waals surface area (Å²) in [6.07, 6.45) is 3.55. The first kappa shape index (κ1) is 7.30. The van der Waals surface area contributed by atoms with Crippen molar-refractivity contribution >= 4 is 17.2 Å². The van der Waals surface area contributed by atoms with E-state index in [9.17, 15) is 0 Å². The topological polar surface area (TPSA) is 53.6 Å². The number of aromatic amines is 1. The van der Waals surface area contributed by atoms with E-state index < -0.39 is 0 Å². The van der Waals surface area contributed by atoms with E-state index in [0.717, 1.165) is 17.9 Å². The summed E-state index contributed by atoms with van der Waals surface area (Å²) in [4.78, 5) is 0. The molecule has 0 fully saturated rings. The Hall–Kier alpha value is -1.36. The lowest BCUT2D eigenvalue weighted by Gasteiger charge is -1.98. The molecule has 0 bridgehead atoms. The van der Waals surface area contributed by atoms with E-state index in [0.29, 0.717) is 0 Å². The molecule has 0 saturated heterocycles. The standard InChI is InChI=1S/C7H8N4S/c1-2-9-11-6(1)3-8-7-4-10-12-5-7/h1-2,4-5,8H,3H2,(H,9,11). The number of nitrogens with one attached hydrogen (secondary N) is 2. The van der Waals surface area contributed by atoms with Gasteiger partial charge in [-0.1, -0.05) is 0 Å². The fourth-order valence-electron chi connectivity index (χ4n) is 0.873. The Labute approximate surface area is 73.8 Å². The van der Waals surface area contributed by atoms with Crippen LogP contribution in [0.1, 0.15) is 5.69 Å². The average molecular weight is 180 g/mol. The van der Waals surface area contributed by atoms with E-state index >= 15 is 0 Å². The van der Waals surface area contributed by atoms with Gasteiger partial charge in [0.05, 0.1) is 24.1 Å². The van der Waals surface area contributed by atoms with Crippen molar-refractivity contribution in [3.63, 3.8) is 0 Å². The third-order valence-electron chi connectivity index (χ3n) is 1.47. The molecule has 0 aliphatic heterocycles. The first-order valence-corrected chi connectivity index (χ1v) is 4.40. The second-order valence-corrected chi connectivity index (χ2v) is 3.01. The molecule has 0 aromatic carbocycles. The Balaban J connectivity index is 1.91. The molecule has 2 aromatic rings. The van der Waals surface area contributed by atoms with Crippen molar-refractivity contribution in [2.75, 3.05) is 5.32 Å². The number of nitrogens with zero attached hydrogens (tertiary/aromatic N) is 2. The molecular formula is C7H8N4S. The van der Waals surface area contributed by atoms with Crippen molar-refractivity contribution in [2.45, 2.75) is 6.54 Å². The van der Waals surface area contributed by atoms with Gasteiger partial charge in [0.1, 0.15) is 0 Å². The van der Waals surface area contributed by atoms with E-state index in [2.05, 4.69) is 19.9 Å². The Morgan fingerprint density at radius 1 is 1.58 bits per heavy atom. The van der Waals surface area contributed by atoms with Crippen LogP contribution < -0.4 is 5.32 Å². The second kappa shape index (κ2) is 3.36. The molecule has 0 saturated carbocycles. The van der Waals surface area contributed by atoms with Gasteiger partial charge in [0.2, 0.25) is 0 Å². The van der Waals surface area contributed by atoms with Gasteiger partial charge < -0.3 is 5.32 Å². The third-order valence-corrected chi connectivity index (χ3v) is 2.06. The summed E-state index contributed by atoms with van der Waals surface area (Å²) in [5.41, 5.74) is 2.12. The van der Waals surface area contributed by atoms with Gasteiger partial charge in [-0.15, -0.1) is 0 Å². The van der Waals surface area contributed by atoms with Crippen molar-refractivity contribution in [2.24, 2.45) is 0 Å². The zero-order valence-electron chi connectivity index (χ0n) is 6.32. The first-order chi connectivity index (χ1) is 5.95. The van der Waals surface area contributed by atoms with Crippen LogP contribution in [-0.2, 0) is 6.54 Å². The minimum atomic E-state index is 0.762. The molecule has 2 heterocycles. The highest BCUT2D eigenvalue weighted by Crippen LogP contribution is 2.08. The molecule has 62 valence electrons. The highest BCUT2D eigenvalue weighted by Gasteiger charge is 1.94. The molecule has 2 rings (SSSR count). The summed E-state index contributed by atoms with van der Waals surface area (Å²) < 4.78 is 3.98. The van der Waals surface area contributed by atoms with Crippen molar-refractivity contribution in [1.82, 2.24) is 14.6 Å². The lowest BCUT2D eigenvalue weighted by atomic mass is 10.4. The van der Waals surface area contributed by atoms with Crippen LogP contribution in [0, 0.1) is 0 Å². The van der Waals surface area contributed by atoms with Crippen molar-refractivity contribution in [3.8, 4) is 0 Å². The van der Waals surface area contributed by atoms with Crippen LogP contribution in [0.25, 0.3) is 0 Å². The van der Waals surface area contributed by atoms with E-state index in [1.807, 2.05) is 11.4 Å². The Morgan fingerprint density at radius 2 is 2.58 bits per heavy atom. The summed E-state index contributed by atoms with van der Waals surface area (Å²) >= 11 is 1.44. The molecule has 0 aliphatic rings. The SMILES string of the molecule is c1cc(CNc2cnsc2)[nH]n1.